The van der Waals surface area contributed by atoms with Crippen LogP contribution in [0.5, 0.6) is 0 Å². The molecule has 0 fully saturated rings. The number of nitrogens with one attached hydrogen (secondary N) is 1. The second-order valence-electron chi connectivity index (χ2n) is 4.88. The lowest BCUT2D eigenvalue weighted by molar-refractivity contribution is 0.551. The van der Waals surface area contributed by atoms with E-state index in [-0.39, 0.29) is 0 Å². The number of aryl methyl sites for hydroxylation is 1. The van der Waals surface area contributed by atoms with Crippen LogP contribution in [-0.4, -0.2) is 15.0 Å². The summed E-state index contributed by atoms with van der Waals surface area (Å²) in [6.07, 6.45) is 0.828. The summed E-state index contributed by atoms with van der Waals surface area (Å²) >= 11 is 0. The van der Waals surface area contributed by atoms with E-state index in [9.17, 15) is 8.42 Å². The van der Waals surface area contributed by atoms with Crippen LogP contribution in [0.1, 0.15) is 31.4 Å². The average Bonchev–Trinajstić information content (AvgIpc) is 2.28. The molecule has 0 spiro atoms. The van der Waals surface area contributed by atoms with Gasteiger partial charge in [0.15, 0.2) is 0 Å². The van der Waals surface area contributed by atoms with Gasteiger partial charge in [-0.25, -0.2) is 13.1 Å². The fourth-order valence-electron chi connectivity index (χ4n) is 1.62. The third-order valence-corrected chi connectivity index (χ3v) is 4.39. The SMILES string of the molecule is Cc1ccc(CN)cc1S(=O)(=O)NCCC(C)C. The highest BCUT2D eigenvalue weighted by Crippen LogP contribution is 2.17. The summed E-state index contributed by atoms with van der Waals surface area (Å²) < 4.78 is 26.9. The molecule has 1 rings (SSSR count). The van der Waals surface area contributed by atoms with Gasteiger partial charge in [0.2, 0.25) is 10.0 Å². The van der Waals surface area contributed by atoms with Crippen molar-refractivity contribution < 1.29 is 8.42 Å². The van der Waals surface area contributed by atoms with Gasteiger partial charge in [0, 0.05) is 13.1 Å². The van der Waals surface area contributed by atoms with Crippen LogP contribution in [0.25, 0.3) is 0 Å². The van der Waals surface area contributed by atoms with Gasteiger partial charge in [0.25, 0.3) is 0 Å². The molecule has 1 aromatic carbocycles. The van der Waals surface area contributed by atoms with E-state index in [1.54, 1.807) is 19.1 Å². The Morgan fingerprint density at radius 2 is 2.00 bits per heavy atom. The number of hydrogen-bond acceptors (Lipinski definition) is 3. The Morgan fingerprint density at radius 3 is 2.56 bits per heavy atom. The summed E-state index contributed by atoms with van der Waals surface area (Å²) in [4.78, 5) is 0.328. The van der Waals surface area contributed by atoms with E-state index in [4.69, 9.17) is 5.73 Å². The van der Waals surface area contributed by atoms with Crippen molar-refractivity contribution in [1.29, 1.82) is 0 Å². The third-order valence-electron chi connectivity index (χ3n) is 2.79. The quantitative estimate of drug-likeness (QED) is 0.827. The number of sulfonamides is 1. The first kappa shape index (κ1) is 15.1. The first-order valence-corrected chi connectivity index (χ1v) is 7.64. The van der Waals surface area contributed by atoms with Gasteiger partial charge in [0.05, 0.1) is 4.90 Å². The van der Waals surface area contributed by atoms with Crippen molar-refractivity contribution in [3.63, 3.8) is 0 Å². The predicted octanol–water partition coefficient (Wildman–Crippen LogP) is 1.78. The molecule has 0 heterocycles. The molecule has 0 aliphatic rings. The van der Waals surface area contributed by atoms with E-state index >= 15 is 0 Å². The van der Waals surface area contributed by atoms with Crippen LogP contribution in [0.3, 0.4) is 0 Å². The van der Waals surface area contributed by atoms with Crippen molar-refractivity contribution >= 4 is 10.0 Å². The zero-order valence-electron chi connectivity index (χ0n) is 11.2. The minimum atomic E-state index is -3.42. The molecule has 0 unspecified atom stereocenters. The molecule has 102 valence electrons. The lowest BCUT2D eigenvalue weighted by Crippen LogP contribution is -2.26. The molecule has 0 saturated carbocycles. The van der Waals surface area contributed by atoms with Crippen molar-refractivity contribution in [2.45, 2.75) is 38.6 Å². The fourth-order valence-corrected chi connectivity index (χ4v) is 2.96. The summed E-state index contributed by atoms with van der Waals surface area (Å²) in [5.74, 6) is 0.476. The molecule has 0 aliphatic heterocycles. The molecular formula is C13H22N2O2S. The van der Waals surface area contributed by atoms with Gasteiger partial charge in [-0.05, 0) is 36.5 Å². The first-order chi connectivity index (χ1) is 8.36. The number of hydrogen-bond donors (Lipinski definition) is 2. The van der Waals surface area contributed by atoms with Crippen molar-refractivity contribution in [1.82, 2.24) is 4.72 Å². The van der Waals surface area contributed by atoms with E-state index in [0.717, 1.165) is 17.5 Å². The zero-order valence-corrected chi connectivity index (χ0v) is 12.0. The second-order valence-corrected chi connectivity index (χ2v) is 6.62. The summed E-state index contributed by atoms with van der Waals surface area (Å²) in [7, 11) is -3.42. The number of nitrogens with two attached hydrogens (primary N) is 1. The van der Waals surface area contributed by atoms with Gasteiger partial charge in [-0.3, -0.25) is 0 Å². The maximum Gasteiger partial charge on any atom is 0.240 e. The topological polar surface area (TPSA) is 72.2 Å². The van der Waals surface area contributed by atoms with Crippen LogP contribution in [0, 0.1) is 12.8 Å². The van der Waals surface area contributed by atoms with Gasteiger partial charge >= 0.3 is 0 Å². The maximum atomic E-state index is 12.2. The molecule has 0 saturated heterocycles. The Balaban J connectivity index is 2.90. The highest BCUT2D eigenvalue weighted by molar-refractivity contribution is 7.89. The molecule has 1 aromatic rings. The zero-order chi connectivity index (χ0) is 13.8. The van der Waals surface area contributed by atoms with Gasteiger partial charge in [-0.2, -0.15) is 0 Å². The molecule has 3 N–H and O–H groups in total. The van der Waals surface area contributed by atoms with Crippen LogP contribution in [0.4, 0.5) is 0 Å². The smallest absolute Gasteiger partial charge is 0.240 e. The standard InChI is InChI=1S/C13H22N2O2S/c1-10(2)6-7-15-18(16,17)13-8-12(9-14)5-4-11(13)3/h4-5,8,10,15H,6-7,9,14H2,1-3H3. The Hall–Kier alpha value is -0.910. The molecular weight excluding hydrogens is 248 g/mol. The van der Waals surface area contributed by atoms with E-state index in [2.05, 4.69) is 18.6 Å². The Bertz CT molecular complexity index is 496. The summed E-state index contributed by atoms with van der Waals surface area (Å²) in [5.41, 5.74) is 7.10. The number of rotatable bonds is 6. The highest BCUT2D eigenvalue weighted by Gasteiger charge is 2.16. The van der Waals surface area contributed by atoms with E-state index in [0.29, 0.717) is 23.9 Å². The average molecular weight is 270 g/mol. The molecule has 0 aromatic heterocycles. The van der Waals surface area contributed by atoms with Crippen molar-refractivity contribution in [2.75, 3.05) is 6.54 Å². The largest absolute Gasteiger partial charge is 0.326 e. The van der Waals surface area contributed by atoms with Crippen molar-refractivity contribution in [3.8, 4) is 0 Å². The monoisotopic (exact) mass is 270 g/mol. The molecule has 0 bridgehead atoms. The minimum Gasteiger partial charge on any atom is -0.326 e. The van der Waals surface area contributed by atoms with E-state index in [1.807, 2.05) is 6.07 Å². The van der Waals surface area contributed by atoms with Gasteiger partial charge in [0.1, 0.15) is 0 Å². The molecule has 18 heavy (non-hydrogen) atoms. The normalized spacial score (nSPS) is 12.1. The molecule has 0 aliphatic carbocycles. The maximum absolute atomic E-state index is 12.2. The van der Waals surface area contributed by atoms with Crippen LogP contribution >= 0.6 is 0 Å². The fraction of sp³-hybridized carbons (Fsp3) is 0.538. The summed E-state index contributed by atoms with van der Waals surface area (Å²) in [6, 6.07) is 5.29. The Labute approximate surface area is 110 Å². The minimum absolute atomic E-state index is 0.328. The summed E-state index contributed by atoms with van der Waals surface area (Å²) in [5, 5.41) is 0. The Morgan fingerprint density at radius 1 is 1.33 bits per heavy atom. The van der Waals surface area contributed by atoms with Crippen molar-refractivity contribution in [3.05, 3.63) is 29.3 Å². The molecule has 4 nitrogen and oxygen atoms in total. The molecule has 0 radical (unpaired) electrons. The molecule has 5 heteroatoms. The predicted molar refractivity (Wildman–Crippen MR) is 73.7 cm³/mol. The highest BCUT2D eigenvalue weighted by atomic mass is 32.2. The van der Waals surface area contributed by atoms with Crippen LogP contribution in [0.2, 0.25) is 0 Å². The second kappa shape index (κ2) is 6.31. The Kier molecular flexibility index (Phi) is 5.31. The lowest BCUT2D eigenvalue weighted by atomic mass is 10.1. The number of benzene rings is 1. The van der Waals surface area contributed by atoms with E-state index < -0.39 is 10.0 Å². The van der Waals surface area contributed by atoms with Crippen LogP contribution < -0.4 is 10.5 Å². The van der Waals surface area contributed by atoms with Crippen LogP contribution in [-0.2, 0) is 16.6 Å². The van der Waals surface area contributed by atoms with Gasteiger partial charge in [-0.15, -0.1) is 0 Å². The van der Waals surface area contributed by atoms with Crippen molar-refractivity contribution in [2.24, 2.45) is 11.7 Å². The molecule has 0 atom stereocenters. The molecule has 0 amide bonds. The lowest BCUT2D eigenvalue weighted by Gasteiger charge is -2.11. The van der Waals surface area contributed by atoms with Gasteiger partial charge < -0.3 is 5.73 Å². The third kappa shape index (κ3) is 4.08. The summed E-state index contributed by atoms with van der Waals surface area (Å²) in [6.45, 7) is 6.72. The van der Waals surface area contributed by atoms with E-state index in [1.165, 1.54) is 0 Å². The van der Waals surface area contributed by atoms with Gasteiger partial charge in [-0.1, -0.05) is 26.0 Å². The first-order valence-electron chi connectivity index (χ1n) is 6.16. The van der Waals surface area contributed by atoms with Crippen LogP contribution in [0.15, 0.2) is 23.1 Å².